The lowest BCUT2D eigenvalue weighted by atomic mass is 9.86. The maximum atomic E-state index is 12.6. The Labute approximate surface area is 122 Å². The summed E-state index contributed by atoms with van der Waals surface area (Å²) in [5, 5.41) is 0. The molecule has 0 bridgehead atoms. The van der Waals surface area contributed by atoms with Gasteiger partial charge in [0.25, 0.3) is 0 Å². The van der Waals surface area contributed by atoms with Crippen LogP contribution in [0.5, 0.6) is 0 Å². The van der Waals surface area contributed by atoms with Crippen molar-refractivity contribution in [3.63, 3.8) is 0 Å². The van der Waals surface area contributed by atoms with Gasteiger partial charge in [0.15, 0.2) is 0 Å². The molecule has 2 N–H and O–H groups in total. The summed E-state index contributed by atoms with van der Waals surface area (Å²) in [5.74, 6) is 0.296. The average molecular weight is 274 g/mol. The van der Waals surface area contributed by atoms with Crippen molar-refractivity contribution in [2.24, 2.45) is 11.7 Å². The minimum absolute atomic E-state index is 0.0704. The molecule has 1 aliphatic rings. The van der Waals surface area contributed by atoms with Crippen LogP contribution in [0.2, 0.25) is 0 Å². The molecule has 0 aromatic heterocycles. The van der Waals surface area contributed by atoms with Crippen LogP contribution < -0.4 is 5.73 Å². The highest BCUT2D eigenvalue weighted by Gasteiger charge is 2.30. The quantitative estimate of drug-likeness (QED) is 0.917. The van der Waals surface area contributed by atoms with Crippen LogP contribution in [0.1, 0.15) is 50.3 Å². The third-order valence-corrected chi connectivity index (χ3v) is 4.70. The number of hydrogen-bond acceptors (Lipinski definition) is 2. The van der Waals surface area contributed by atoms with Gasteiger partial charge in [-0.2, -0.15) is 0 Å². The molecule has 0 radical (unpaired) electrons. The number of rotatable bonds is 4. The standard InChI is InChI=1S/C17H26N2O/c1-4-12(2)16(18)17(20)19(3)15-11-7-9-13-8-5-6-10-14(13)15/h5-6,8,10,12,15-16H,4,7,9,11,18H2,1-3H3/t12-,15?,16-/m0/s1. The van der Waals surface area contributed by atoms with Gasteiger partial charge in [0.1, 0.15) is 0 Å². The van der Waals surface area contributed by atoms with Crippen LogP contribution in [0.3, 0.4) is 0 Å². The SMILES string of the molecule is CC[C@H](C)[C@H](N)C(=O)N(C)C1CCCc2ccccc21. The first kappa shape index (κ1) is 15.0. The van der Waals surface area contributed by atoms with Crippen molar-refractivity contribution >= 4 is 5.91 Å². The monoisotopic (exact) mass is 274 g/mol. The van der Waals surface area contributed by atoms with Gasteiger partial charge in [0.2, 0.25) is 5.91 Å². The molecule has 0 spiro atoms. The van der Waals surface area contributed by atoms with Crippen molar-refractivity contribution in [1.29, 1.82) is 0 Å². The van der Waals surface area contributed by atoms with E-state index in [1.165, 1.54) is 11.1 Å². The Bertz CT molecular complexity index is 472. The molecule has 3 atom stereocenters. The minimum atomic E-state index is -0.390. The number of likely N-dealkylation sites (N-methyl/N-ethyl adjacent to an activating group) is 1. The van der Waals surface area contributed by atoms with Gasteiger partial charge in [-0.15, -0.1) is 0 Å². The highest BCUT2D eigenvalue weighted by Crippen LogP contribution is 2.33. The number of aryl methyl sites for hydroxylation is 1. The highest BCUT2D eigenvalue weighted by molar-refractivity contribution is 5.82. The van der Waals surface area contributed by atoms with E-state index in [0.717, 1.165) is 25.7 Å². The first-order chi connectivity index (χ1) is 9.56. The predicted molar refractivity (Wildman–Crippen MR) is 82.3 cm³/mol. The van der Waals surface area contributed by atoms with Gasteiger partial charge in [-0.05, 0) is 36.3 Å². The van der Waals surface area contributed by atoms with E-state index >= 15 is 0 Å². The van der Waals surface area contributed by atoms with Crippen molar-refractivity contribution < 1.29 is 4.79 Å². The zero-order valence-corrected chi connectivity index (χ0v) is 12.8. The van der Waals surface area contributed by atoms with Crippen LogP contribution in [0.15, 0.2) is 24.3 Å². The van der Waals surface area contributed by atoms with Gasteiger partial charge in [-0.3, -0.25) is 4.79 Å². The molecule has 2 rings (SSSR count). The Kier molecular flexibility index (Phi) is 4.81. The zero-order valence-electron chi connectivity index (χ0n) is 12.8. The lowest BCUT2D eigenvalue weighted by Gasteiger charge is -2.35. The fourth-order valence-corrected chi connectivity index (χ4v) is 3.02. The molecule has 1 aromatic carbocycles. The number of fused-ring (bicyclic) bond motifs is 1. The summed E-state index contributed by atoms with van der Waals surface area (Å²) < 4.78 is 0. The van der Waals surface area contributed by atoms with Crippen LogP contribution in [-0.2, 0) is 11.2 Å². The fraction of sp³-hybridized carbons (Fsp3) is 0.588. The van der Waals surface area contributed by atoms with Crippen LogP contribution in [0.4, 0.5) is 0 Å². The van der Waals surface area contributed by atoms with E-state index < -0.39 is 0 Å². The number of carbonyl (C=O) groups is 1. The van der Waals surface area contributed by atoms with Gasteiger partial charge < -0.3 is 10.6 Å². The number of hydrogen-bond donors (Lipinski definition) is 1. The van der Waals surface area contributed by atoms with Crippen LogP contribution >= 0.6 is 0 Å². The number of amides is 1. The normalized spacial score (nSPS) is 20.9. The molecule has 3 heteroatoms. The Balaban J connectivity index is 2.18. The Hall–Kier alpha value is -1.35. The largest absolute Gasteiger partial charge is 0.337 e. The van der Waals surface area contributed by atoms with E-state index in [4.69, 9.17) is 5.73 Å². The van der Waals surface area contributed by atoms with Gasteiger partial charge >= 0.3 is 0 Å². The summed E-state index contributed by atoms with van der Waals surface area (Å²) >= 11 is 0. The highest BCUT2D eigenvalue weighted by atomic mass is 16.2. The smallest absolute Gasteiger partial charge is 0.240 e. The molecule has 0 saturated heterocycles. The van der Waals surface area contributed by atoms with Crippen molar-refractivity contribution in [3.8, 4) is 0 Å². The van der Waals surface area contributed by atoms with Crippen molar-refractivity contribution in [2.75, 3.05) is 7.05 Å². The molecule has 0 fully saturated rings. The molecule has 20 heavy (non-hydrogen) atoms. The van der Waals surface area contributed by atoms with E-state index in [9.17, 15) is 4.79 Å². The van der Waals surface area contributed by atoms with Crippen molar-refractivity contribution in [1.82, 2.24) is 4.90 Å². The van der Waals surface area contributed by atoms with E-state index in [2.05, 4.69) is 31.2 Å². The number of carbonyl (C=O) groups excluding carboxylic acids is 1. The Morgan fingerprint density at radius 2 is 2.15 bits per heavy atom. The van der Waals surface area contributed by atoms with Gasteiger partial charge in [0.05, 0.1) is 12.1 Å². The van der Waals surface area contributed by atoms with Gasteiger partial charge in [0, 0.05) is 7.05 Å². The lowest BCUT2D eigenvalue weighted by Crippen LogP contribution is -2.47. The van der Waals surface area contributed by atoms with E-state index in [0.29, 0.717) is 0 Å². The summed E-state index contributed by atoms with van der Waals surface area (Å²) in [5.41, 5.74) is 8.78. The van der Waals surface area contributed by atoms with Crippen LogP contribution in [0.25, 0.3) is 0 Å². The van der Waals surface area contributed by atoms with Gasteiger partial charge in [-0.25, -0.2) is 0 Å². The second-order valence-electron chi connectivity index (χ2n) is 5.97. The first-order valence-electron chi connectivity index (χ1n) is 7.66. The zero-order chi connectivity index (χ0) is 14.7. The summed E-state index contributed by atoms with van der Waals surface area (Å²) in [7, 11) is 1.90. The lowest BCUT2D eigenvalue weighted by molar-refractivity contribution is -0.135. The van der Waals surface area contributed by atoms with E-state index in [-0.39, 0.29) is 23.9 Å². The number of nitrogens with two attached hydrogens (primary N) is 1. The number of nitrogens with zero attached hydrogens (tertiary/aromatic N) is 1. The maximum Gasteiger partial charge on any atom is 0.240 e. The average Bonchev–Trinajstić information content (AvgIpc) is 2.51. The van der Waals surface area contributed by atoms with Crippen LogP contribution in [-0.4, -0.2) is 23.9 Å². The van der Waals surface area contributed by atoms with Gasteiger partial charge in [-0.1, -0.05) is 44.5 Å². The molecule has 1 aromatic rings. The van der Waals surface area contributed by atoms with Crippen molar-refractivity contribution in [2.45, 2.75) is 51.6 Å². The minimum Gasteiger partial charge on any atom is -0.337 e. The number of benzene rings is 1. The van der Waals surface area contributed by atoms with Crippen LogP contribution in [0, 0.1) is 5.92 Å². The van der Waals surface area contributed by atoms with Crippen molar-refractivity contribution in [3.05, 3.63) is 35.4 Å². The fourth-order valence-electron chi connectivity index (χ4n) is 3.02. The topological polar surface area (TPSA) is 46.3 Å². The second-order valence-corrected chi connectivity index (χ2v) is 5.97. The molecular weight excluding hydrogens is 248 g/mol. The molecule has 1 amide bonds. The molecular formula is C17H26N2O. The molecule has 0 saturated carbocycles. The summed E-state index contributed by atoms with van der Waals surface area (Å²) in [6.45, 7) is 4.12. The maximum absolute atomic E-state index is 12.6. The molecule has 3 nitrogen and oxygen atoms in total. The predicted octanol–water partition coefficient (Wildman–Crippen LogP) is 2.90. The summed E-state index contributed by atoms with van der Waals surface area (Å²) in [4.78, 5) is 14.4. The summed E-state index contributed by atoms with van der Waals surface area (Å²) in [6, 6.07) is 8.26. The molecule has 1 unspecified atom stereocenters. The first-order valence-corrected chi connectivity index (χ1v) is 7.66. The molecule has 0 aliphatic heterocycles. The summed E-state index contributed by atoms with van der Waals surface area (Å²) in [6.07, 6.45) is 4.22. The Morgan fingerprint density at radius 1 is 1.45 bits per heavy atom. The molecule has 110 valence electrons. The third-order valence-electron chi connectivity index (χ3n) is 4.70. The van der Waals surface area contributed by atoms with E-state index in [1.807, 2.05) is 18.9 Å². The van der Waals surface area contributed by atoms with E-state index in [1.54, 1.807) is 0 Å². The Morgan fingerprint density at radius 3 is 2.85 bits per heavy atom. The second kappa shape index (κ2) is 6.40. The third kappa shape index (κ3) is 2.88. The molecule has 1 aliphatic carbocycles. The molecule has 0 heterocycles.